The predicted octanol–water partition coefficient (Wildman–Crippen LogP) is 2.57. The van der Waals surface area contributed by atoms with Crippen molar-refractivity contribution in [2.75, 3.05) is 0 Å². The fraction of sp³-hybridized carbons (Fsp3) is 0.364. The lowest BCUT2D eigenvalue weighted by molar-refractivity contribution is 1.02. The van der Waals surface area contributed by atoms with Gasteiger partial charge in [0.25, 0.3) is 0 Å². The highest BCUT2D eigenvalue weighted by Gasteiger charge is 2.12. The summed E-state index contributed by atoms with van der Waals surface area (Å²) < 4.78 is 0. The van der Waals surface area contributed by atoms with Gasteiger partial charge in [0.05, 0.1) is 16.9 Å². The molecule has 76 valence electrons. The lowest BCUT2D eigenvalue weighted by Gasteiger charge is -2.07. The Labute approximate surface area is 93.7 Å². The van der Waals surface area contributed by atoms with Crippen LogP contribution in [0.1, 0.15) is 23.7 Å². The molecular weight excluding hydrogens is 206 g/mol. The van der Waals surface area contributed by atoms with Gasteiger partial charge in [0.15, 0.2) is 0 Å². The van der Waals surface area contributed by atoms with Crippen molar-refractivity contribution in [1.82, 2.24) is 4.98 Å². The standard InChI is InChI=1S/C11H11N3S/c1-7-4-8(2)14-11(10(7)6-13)15-9(3)5-12/h4,9H,1-3H3/t9-/m0/s1. The lowest BCUT2D eigenvalue weighted by Crippen LogP contribution is -1.98. The number of nitriles is 2. The van der Waals surface area contributed by atoms with Crippen LogP contribution in [0.3, 0.4) is 0 Å². The molecule has 1 heterocycles. The molecule has 0 saturated heterocycles. The van der Waals surface area contributed by atoms with E-state index in [4.69, 9.17) is 10.5 Å². The summed E-state index contributed by atoms with van der Waals surface area (Å²) in [7, 11) is 0. The molecule has 0 saturated carbocycles. The fourth-order valence-electron chi connectivity index (χ4n) is 1.22. The Kier molecular flexibility index (Phi) is 3.71. The summed E-state index contributed by atoms with van der Waals surface area (Å²) in [4.78, 5) is 4.28. The van der Waals surface area contributed by atoms with Gasteiger partial charge in [-0.05, 0) is 32.4 Å². The quantitative estimate of drug-likeness (QED) is 0.714. The first-order valence-electron chi connectivity index (χ1n) is 4.53. The fourth-order valence-corrected chi connectivity index (χ4v) is 2.13. The number of aromatic nitrogens is 1. The number of aryl methyl sites for hydroxylation is 2. The average molecular weight is 217 g/mol. The first-order valence-corrected chi connectivity index (χ1v) is 5.41. The highest BCUT2D eigenvalue weighted by molar-refractivity contribution is 8.00. The van der Waals surface area contributed by atoms with Crippen molar-refractivity contribution in [3.05, 3.63) is 22.9 Å². The van der Waals surface area contributed by atoms with Crippen molar-refractivity contribution in [3.63, 3.8) is 0 Å². The molecule has 0 aliphatic heterocycles. The molecule has 0 bridgehead atoms. The second-order valence-electron chi connectivity index (χ2n) is 3.26. The normalized spacial score (nSPS) is 11.5. The Morgan fingerprint density at radius 3 is 2.60 bits per heavy atom. The molecule has 15 heavy (non-hydrogen) atoms. The number of pyridine rings is 1. The maximum Gasteiger partial charge on any atom is 0.116 e. The van der Waals surface area contributed by atoms with E-state index in [0.29, 0.717) is 10.6 Å². The van der Waals surface area contributed by atoms with Crippen molar-refractivity contribution in [2.24, 2.45) is 0 Å². The van der Waals surface area contributed by atoms with Gasteiger partial charge < -0.3 is 0 Å². The Bertz CT molecular complexity index is 454. The first-order chi connectivity index (χ1) is 7.08. The van der Waals surface area contributed by atoms with E-state index in [1.54, 1.807) is 6.92 Å². The van der Waals surface area contributed by atoms with Crippen molar-refractivity contribution >= 4 is 11.8 Å². The summed E-state index contributed by atoms with van der Waals surface area (Å²) in [6.45, 7) is 5.56. The Hall–Kier alpha value is -1.52. The molecule has 4 heteroatoms. The summed E-state index contributed by atoms with van der Waals surface area (Å²) in [5.41, 5.74) is 2.37. The van der Waals surface area contributed by atoms with Gasteiger partial charge in [-0.3, -0.25) is 0 Å². The number of hydrogen-bond donors (Lipinski definition) is 0. The number of thioether (sulfide) groups is 1. The van der Waals surface area contributed by atoms with Gasteiger partial charge in [-0.1, -0.05) is 11.8 Å². The summed E-state index contributed by atoms with van der Waals surface area (Å²) in [5.74, 6) is 0. The van der Waals surface area contributed by atoms with Gasteiger partial charge >= 0.3 is 0 Å². The minimum absolute atomic E-state index is 0.189. The summed E-state index contributed by atoms with van der Waals surface area (Å²) in [6.07, 6.45) is 0. The molecule has 0 spiro atoms. The molecule has 0 aliphatic carbocycles. The topological polar surface area (TPSA) is 60.5 Å². The van der Waals surface area contributed by atoms with Gasteiger partial charge in [0, 0.05) is 5.69 Å². The zero-order valence-corrected chi connectivity index (χ0v) is 9.72. The summed E-state index contributed by atoms with van der Waals surface area (Å²) >= 11 is 1.33. The third kappa shape index (κ3) is 2.71. The second kappa shape index (κ2) is 4.82. The van der Waals surface area contributed by atoms with E-state index >= 15 is 0 Å². The Morgan fingerprint density at radius 1 is 1.40 bits per heavy atom. The van der Waals surface area contributed by atoms with Crippen LogP contribution in [-0.4, -0.2) is 10.2 Å². The van der Waals surface area contributed by atoms with Crippen LogP contribution in [0.25, 0.3) is 0 Å². The molecule has 0 aliphatic rings. The zero-order chi connectivity index (χ0) is 11.4. The van der Waals surface area contributed by atoms with Crippen LogP contribution in [0.4, 0.5) is 0 Å². The average Bonchev–Trinajstić information content (AvgIpc) is 2.17. The van der Waals surface area contributed by atoms with Crippen molar-refractivity contribution in [2.45, 2.75) is 31.0 Å². The number of rotatable bonds is 2. The van der Waals surface area contributed by atoms with E-state index in [1.807, 2.05) is 19.9 Å². The molecular formula is C11H11N3S. The first kappa shape index (κ1) is 11.6. The van der Waals surface area contributed by atoms with Crippen LogP contribution in [0.15, 0.2) is 11.1 Å². The molecule has 1 aromatic rings. The van der Waals surface area contributed by atoms with Gasteiger partial charge in [-0.2, -0.15) is 10.5 Å². The molecule has 1 aromatic heterocycles. The Balaban J connectivity index is 3.18. The SMILES string of the molecule is Cc1cc(C)c(C#N)c(S[C@@H](C)C#N)n1. The predicted molar refractivity (Wildman–Crippen MR) is 59.4 cm³/mol. The highest BCUT2D eigenvalue weighted by Crippen LogP contribution is 2.26. The van der Waals surface area contributed by atoms with Crippen molar-refractivity contribution < 1.29 is 0 Å². The molecule has 0 fully saturated rings. The molecule has 1 atom stereocenters. The summed E-state index contributed by atoms with van der Waals surface area (Å²) in [5, 5.41) is 18.2. The molecule has 0 unspecified atom stereocenters. The van der Waals surface area contributed by atoms with Crippen LogP contribution < -0.4 is 0 Å². The molecule has 0 amide bonds. The number of hydrogen-bond acceptors (Lipinski definition) is 4. The van der Waals surface area contributed by atoms with Gasteiger partial charge in [-0.15, -0.1) is 0 Å². The molecule has 0 aromatic carbocycles. The zero-order valence-electron chi connectivity index (χ0n) is 8.90. The lowest BCUT2D eigenvalue weighted by atomic mass is 10.1. The molecule has 0 radical (unpaired) electrons. The molecule has 3 nitrogen and oxygen atoms in total. The molecule has 1 rings (SSSR count). The highest BCUT2D eigenvalue weighted by atomic mass is 32.2. The molecule has 0 N–H and O–H groups in total. The second-order valence-corrected chi connectivity index (χ2v) is 4.59. The van der Waals surface area contributed by atoms with Gasteiger partial charge in [0.2, 0.25) is 0 Å². The van der Waals surface area contributed by atoms with E-state index in [-0.39, 0.29) is 5.25 Å². The maximum absolute atomic E-state index is 8.99. The largest absolute Gasteiger partial charge is 0.245 e. The smallest absolute Gasteiger partial charge is 0.116 e. The maximum atomic E-state index is 8.99. The van der Waals surface area contributed by atoms with Crippen molar-refractivity contribution in [3.8, 4) is 12.1 Å². The van der Waals surface area contributed by atoms with Gasteiger partial charge in [0.1, 0.15) is 11.1 Å². The van der Waals surface area contributed by atoms with Crippen LogP contribution >= 0.6 is 11.8 Å². The summed E-state index contributed by atoms with van der Waals surface area (Å²) in [6, 6.07) is 6.12. The third-order valence-corrected chi connectivity index (χ3v) is 2.87. The van der Waals surface area contributed by atoms with Crippen LogP contribution in [-0.2, 0) is 0 Å². The van der Waals surface area contributed by atoms with Crippen LogP contribution in [0.2, 0.25) is 0 Å². The van der Waals surface area contributed by atoms with Crippen molar-refractivity contribution in [1.29, 1.82) is 10.5 Å². The number of nitrogens with zero attached hydrogens (tertiary/aromatic N) is 3. The van der Waals surface area contributed by atoms with Crippen LogP contribution in [0.5, 0.6) is 0 Å². The van der Waals surface area contributed by atoms with E-state index in [0.717, 1.165) is 11.3 Å². The minimum Gasteiger partial charge on any atom is -0.245 e. The van der Waals surface area contributed by atoms with E-state index < -0.39 is 0 Å². The Morgan fingerprint density at radius 2 is 2.07 bits per heavy atom. The minimum atomic E-state index is -0.189. The van der Waals surface area contributed by atoms with Gasteiger partial charge in [-0.25, -0.2) is 4.98 Å². The van der Waals surface area contributed by atoms with Crippen LogP contribution in [0, 0.1) is 36.5 Å². The monoisotopic (exact) mass is 217 g/mol. The van der Waals surface area contributed by atoms with E-state index in [2.05, 4.69) is 17.1 Å². The van der Waals surface area contributed by atoms with E-state index in [1.165, 1.54) is 11.8 Å². The van der Waals surface area contributed by atoms with E-state index in [9.17, 15) is 0 Å². The third-order valence-electron chi connectivity index (χ3n) is 1.89.